The van der Waals surface area contributed by atoms with Gasteiger partial charge in [-0.15, -0.1) is 0 Å². The van der Waals surface area contributed by atoms with Crippen LogP contribution < -0.4 is 0 Å². The number of hydrogen-bond acceptors (Lipinski definition) is 0. The topological polar surface area (TPSA) is 0 Å². The molecule has 0 radical (unpaired) electrons. The van der Waals surface area contributed by atoms with Gasteiger partial charge in [0, 0.05) is 0 Å². The molecule has 0 aliphatic carbocycles. The van der Waals surface area contributed by atoms with Gasteiger partial charge in [0.15, 0.2) is 0 Å². The van der Waals surface area contributed by atoms with Crippen LogP contribution in [-0.4, -0.2) is 0 Å². The van der Waals surface area contributed by atoms with E-state index in [-0.39, 0.29) is 18.6 Å². The molecule has 1 aliphatic heterocycles. The minimum atomic E-state index is 0.155. The summed E-state index contributed by atoms with van der Waals surface area (Å²) in [4.78, 5) is 1.63. The first-order chi connectivity index (χ1) is 3.21. The van der Waals surface area contributed by atoms with Gasteiger partial charge < -0.3 is 0 Å². The van der Waals surface area contributed by atoms with Crippen molar-refractivity contribution in [3.8, 4) is 0 Å². The Morgan fingerprint density at radius 2 is 2.14 bits per heavy atom. The van der Waals surface area contributed by atoms with Gasteiger partial charge in [-0.1, -0.05) is 0 Å². The summed E-state index contributed by atoms with van der Waals surface area (Å²) in [5.41, 5.74) is 0. The average Bonchev–Trinajstić information content (AvgIpc) is 1.84. The van der Waals surface area contributed by atoms with Crippen LogP contribution in [0.15, 0.2) is 0 Å². The Morgan fingerprint density at radius 3 is 2.29 bits per heavy atom. The Hall–Kier alpha value is 0.688. The Balaban J connectivity index is 2.40. The van der Waals surface area contributed by atoms with E-state index < -0.39 is 0 Å². The summed E-state index contributed by atoms with van der Waals surface area (Å²) in [5.74, 6) is 0. The fourth-order valence-electron chi connectivity index (χ4n) is 0.919. The molecule has 0 amide bonds. The van der Waals surface area contributed by atoms with Crippen molar-refractivity contribution in [1.29, 1.82) is 0 Å². The van der Waals surface area contributed by atoms with Gasteiger partial charge >= 0.3 is 53.9 Å². The molecule has 0 N–H and O–H groups in total. The van der Waals surface area contributed by atoms with Crippen molar-refractivity contribution in [2.45, 2.75) is 35.3 Å². The molecule has 1 saturated heterocycles. The Labute approximate surface area is 54.2 Å². The van der Waals surface area contributed by atoms with Crippen LogP contribution in [0.5, 0.6) is 0 Å². The Morgan fingerprint density at radius 1 is 1.43 bits per heavy atom. The second-order valence-corrected chi connectivity index (χ2v) is 9.19. The fourth-order valence-corrected chi connectivity index (χ4v) is 4.98. The van der Waals surface area contributed by atoms with Crippen molar-refractivity contribution in [3.63, 3.8) is 0 Å². The van der Waals surface area contributed by atoms with E-state index in [2.05, 4.69) is 13.8 Å². The van der Waals surface area contributed by atoms with E-state index in [1.807, 2.05) is 0 Å². The van der Waals surface area contributed by atoms with Crippen LogP contribution in [0.3, 0.4) is 0 Å². The molecule has 0 nitrogen and oxygen atoms in total. The molecule has 0 aromatic carbocycles. The van der Waals surface area contributed by atoms with Gasteiger partial charge in [0.1, 0.15) is 0 Å². The van der Waals surface area contributed by atoms with Gasteiger partial charge in [0.25, 0.3) is 0 Å². The minimum absolute atomic E-state index is 0.155. The molecule has 0 saturated carbocycles. The molecule has 0 aromatic heterocycles. The standard InChI is InChI=1S/C6H12.W/c1-4-5-6(2)3;/h1,4-5H2,2-3H3;. The van der Waals surface area contributed by atoms with Crippen LogP contribution in [0.25, 0.3) is 0 Å². The van der Waals surface area contributed by atoms with Crippen LogP contribution in [0.2, 0.25) is 8.62 Å². The van der Waals surface area contributed by atoms with E-state index in [4.69, 9.17) is 0 Å². The quantitative estimate of drug-likeness (QED) is 0.633. The molecule has 42 valence electrons. The van der Waals surface area contributed by atoms with E-state index in [0.29, 0.717) is 0 Å². The van der Waals surface area contributed by atoms with Gasteiger partial charge in [-0.2, -0.15) is 0 Å². The van der Waals surface area contributed by atoms with Gasteiger partial charge in [0.05, 0.1) is 0 Å². The molecular weight excluding hydrogens is 256 g/mol. The first kappa shape index (κ1) is 5.82. The van der Waals surface area contributed by atoms with Crippen LogP contribution >= 0.6 is 0 Å². The van der Waals surface area contributed by atoms with E-state index in [9.17, 15) is 0 Å². The fraction of sp³-hybridized carbons (Fsp3) is 1.00. The summed E-state index contributed by atoms with van der Waals surface area (Å²) in [6, 6.07) is 0. The molecule has 1 fully saturated rings. The number of hydrogen-bond donors (Lipinski definition) is 0. The first-order valence-corrected chi connectivity index (χ1v) is 6.39. The summed E-state index contributed by atoms with van der Waals surface area (Å²) < 4.78 is 0.861. The zero-order valence-corrected chi connectivity index (χ0v) is 7.96. The summed E-state index contributed by atoms with van der Waals surface area (Å²) in [7, 11) is 0. The first-order valence-electron chi connectivity index (χ1n) is 2.85. The van der Waals surface area contributed by atoms with Crippen molar-refractivity contribution in [2.24, 2.45) is 0 Å². The summed E-state index contributed by atoms with van der Waals surface area (Å²) in [5, 5.41) is 0. The molecule has 0 aromatic rings. The third kappa shape index (κ3) is 1.57. The SMILES string of the molecule is C[C]1(C)CC[CH2][W]1. The van der Waals surface area contributed by atoms with E-state index in [1.54, 1.807) is 4.81 Å². The van der Waals surface area contributed by atoms with Crippen LogP contribution in [0.4, 0.5) is 0 Å². The van der Waals surface area contributed by atoms with Crippen molar-refractivity contribution in [1.82, 2.24) is 0 Å². The monoisotopic (exact) mass is 268 g/mol. The second kappa shape index (κ2) is 1.89. The molecule has 1 rings (SSSR count). The Bertz CT molecular complexity index is 58.6. The zero-order valence-electron chi connectivity index (χ0n) is 5.03. The molecule has 0 spiro atoms. The molecule has 0 bridgehead atoms. The molecule has 0 unspecified atom stereocenters. The predicted molar refractivity (Wildman–Crippen MR) is 28.1 cm³/mol. The molecule has 1 heterocycles. The van der Waals surface area contributed by atoms with Crippen LogP contribution in [-0.2, 0) is 18.6 Å². The summed E-state index contributed by atoms with van der Waals surface area (Å²) >= 11 is 0.155. The van der Waals surface area contributed by atoms with Crippen LogP contribution in [0.1, 0.15) is 26.7 Å². The maximum absolute atomic E-state index is 2.44. The summed E-state index contributed by atoms with van der Waals surface area (Å²) in [6.45, 7) is 4.87. The predicted octanol–water partition coefficient (Wildman–Crippen LogP) is 2.48. The van der Waals surface area contributed by atoms with Crippen molar-refractivity contribution < 1.29 is 18.6 Å². The molecule has 0 atom stereocenters. The maximum atomic E-state index is 2.44. The van der Waals surface area contributed by atoms with Crippen molar-refractivity contribution in [3.05, 3.63) is 0 Å². The Kier molecular flexibility index (Phi) is 1.57. The molecule has 7 heavy (non-hydrogen) atoms. The molecule has 1 heteroatoms. The van der Waals surface area contributed by atoms with Gasteiger partial charge in [-0.05, 0) is 0 Å². The van der Waals surface area contributed by atoms with Crippen molar-refractivity contribution >= 4 is 0 Å². The molecule has 1 aliphatic rings. The van der Waals surface area contributed by atoms with Crippen LogP contribution in [0, 0.1) is 0 Å². The normalized spacial score (nSPS) is 28.3. The van der Waals surface area contributed by atoms with E-state index in [1.165, 1.54) is 12.8 Å². The van der Waals surface area contributed by atoms with Gasteiger partial charge in [-0.25, -0.2) is 0 Å². The van der Waals surface area contributed by atoms with Gasteiger partial charge in [-0.3, -0.25) is 0 Å². The number of rotatable bonds is 0. The second-order valence-electron chi connectivity index (χ2n) is 2.71. The van der Waals surface area contributed by atoms with E-state index >= 15 is 0 Å². The third-order valence-electron chi connectivity index (χ3n) is 1.42. The zero-order chi connectivity index (χ0) is 5.33. The average molecular weight is 268 g/mol. The van der Waals surface area contributed by atoms with Crippen molar-refractivity contribution in [2.75, 3.05) is 0 Å². The molecular formula is C6H12W. The summed E-state index contributed by atoms with van der Waals surface area (Å²) in [6.07, 6.45) is 3.06. The van der Waals surface area contributed by atoms with E-state index in [0.717, 1.165) is 3.80 Å². The van der Waals surface area contributed by atoms with Gasteiger partial charge in [0.2, 0.25) is 0 Å². The third-order valence-corrected chi connectivity index (χ3v) is 6.73.